The molecule has 7 nitrogen and oxygen atoms in total. The van der Waals surface area contributed by atoms with Crippen LogP contribution >= 0.6 is 11.8 Å². The maximum absolute atomic E-state index is 12.4. The fourth-order valence-electron chi connectivity index (χ4n) is 3.65. The minimum atomic E-state index is -1.22. The third-order valence-corrected chi connectivity index (χ3v) is 6.07. The molecule has 0 saturated carbocycles. The van der Waals surface area contributed by atoms with Gasteiger partial charge in [-0.05, 0) is 81.4 Å². The van der Waals surface area contributed by atoms with E-state index in [0.29, 0.717) is 0 Å². The van der Waals surface area contributed by atoms with Gasteiger partial charge in [-0.25, -0.2) is 0 Å². The lowest BCUT2D eigenvalue weighted by molar-refractivity contribution is -0.140. The van der Waals surface area contributed by atoms with Crippen LogP contribution in [0, 0.1) is 13.8 Å². The Bertz CT molecular complexity index is 1020. The lowest BCUT2D eigenvalue weighted by Gasteiger charge is -2.21. The summed E-state index contributed by atoms with van der Waals surface area (Å²) >= 11 is 0.769. The number of carbonyl (C=O) groups excluding carboxylic acids is 2. The molecule has 158 valence electrons. The molecule has 1 aliphatic heterocycles. The van der Waals surface area contributed by atoms with Crippen LogP contribution in [-0.2, 0) is 9.59 Å². The van der Waals surface area contributed by atoms with E-state index < -0.39 is 23.7 Å². The van der Waals surface area contributed by atoms with Gasteiger partial charge in [-0.15, -0.1) is 0 Å². The number of carbonyl (C=O) groups is 3. The van der Waals surface area contributed by atoms with Crippen LogP contribution < -0.4 is 4.90 Å². The van der Waals surface area contributed by atoms with E-state index in [-0.39, 0.29) is 4.91 Å². The van der Waals surface area contributed by atoms with Crippen molar-refractivity contribution in [2.45, 2.75) is 27.7 Å². The highest BCUT2D eigenvalue weighted by Crippen LogP contribution is 2.33. The number of thioether (sulfide) groups is 1. The van der Waals surface area contributed by atoms with E-state index in [4.69, 9.17) is 5.11 Å². The Labute approximate surface area is 180 Å². The topological polar surface area (TPSA) is 82.8 Å². The highest BCUT2D eigenvalue weighted by molar-refractivity contribution is 8.18. The number of nitrogens with zero attached hydrogens (tertiary/aromatic N) is 3. The monoisotopic (exact) mass is 427 g/mol. The molecule has 0 spiro atoms. The Hall–Kier alpha value is -3.00. The van der Waals surface area contributed by atoms with Gasteiger partial charge in [-0.1, -0.05) is 0 Å². The van der Waals surface area contributed by atoms with Crippen LogP contribution in [0.5, 0.6) is 0 Å². The molecule has 0 atom stereocenters. The molecule has 1 aliphatic rings. The van der Waals surface area contributed by atoms with Crippen molar-refractivity contribution in [2.24, 2.45) is 0 Å². The Kier molecular flexibility index (Phi) is 6.36. The summed E-state index contributed by atoms with van der Waals surface area (Å²) in [4.78, 5) is 38.6. The van der Waals surface area contributed by atoms with Gasteiger partial charge in [0.05, 0.1) is 4.91 Å². The smallest absolute Gasteiger partial charge is 0.323 e. The normalized spacial score (nSPS) is 15.3. The highest BCUT2D eigenvalue weighted by Gasteiger charge is 2.36. The number of aliphatic carboxylic acids is 1. The first-order chi connectivity index (χ1) is 14.3. The lowest BCUT2D eigenvalue weighted by atomic mass is 10.2. The average Bonchev–Trinajstić information content (AvgIpc) is 3.13. The van der Waals surface area contributed by atoms with Crippen LogP contribution in [0.15, 0.2) is 35.2 Å². The molecule has 0 aliphatic carbocycles. The van der Waals surface area contributed by atoms with E-state index in [1.165, 1.54) is 5.69 Å². The molecule has 0 bridgehead atoms. The molecule has 1 aromatic heterocycles. The van der Waals surface area contributed by atoms with Crippen molar-refractivity contribution < 1.29 is 19.5 Å². The van der Waals surface area contributed by atoms with Gasteiger partial charge in [-0.2, -0.15) is 0 Å². The molecule has 2 aromatic rings. The molecule has 1 fully saturated rings. The van der Waals surface area contributed by atoms with Crippen LogP contribution in [0.2, 0.25) is 0 Å². The molecular formula is C22H25N3O4S. The number of imide groups is 1. The van der Waals surface area contributed by atoms with Gasteiger partial charge in [0, 0.05) is 35.9 Å². The van der Waals surface area contributed by atoms with Gasteiger partial charge in [0.25, 0.3) is 11.1 Å². The second-order valence-electron chi connectivity index (χ2n) is 7.01. The Morgan fingerprint density at radius 2 is 1.77 bits per heavy atom. The summed E-state index contributed by atoms with van der Waals surface area (Å²) in [6.45, 7) is 9.46. The number of aromatic nitrogens is 1. The summed E-state index contributed by atoms with van der Waals surface area (Å²) in [5.74, 6) is -1.79. The average molecular weight is 428 g/mol. The third-order valence-electron chi connectivity index (χ3n) is 5.16. The summed E-state index contributed by atoms with van der Waals surface area (Å²) in [7, 11) is 0. The van der Waals surface area contributed by atoms with Gasteiger partial charge in [-0.3, -0.25) is 19.3 Å². The van der Waals surface area contributed by atoms with Crippen molar-refractivity contribution in [1.29, 1.82) is 0 Å². The van der Waals surface area contributed by atoms with Crippen molar-refractivity contribution >= 4 is 40.6 Å². The van der Waals surface area contributed by atoms with Gasteiger partial charge in [0.1, 0.15) is 6.54 Å². The van der Waals surface area contributed by atoms with Crippen LogP contribution in [0.4, 0.5) is 10.5 Å². The van der Waals surface area contributed by atoms with E-state index in [9.17, 15) is 14.4 Å². The first kappa shape index (κ1) is 21.7. The number of amides is 2. The maximum atomic E-state index is 12.4. The van der Waals surface area contributed by atoms with E-state index in [1.54, 1.807) is 6.08 Å². The SMILES string of the molecule is CCN(CC)c1ccc(-n2c(C)cc(/C=C3/SC(=O)N(CC(=O)O)C3=O)c2C)cc1. The van der Waals surface area contributed by atoms with Gasteiger partial charge < -0.3 is 14.6 Å². The van der Waals surface area contributed by atoms with Gasteiger partial charge in [0.2, 0.25) is 0 Å². The number of benzene rings is 1. The molecule has 1 saturated heterocycles. The largest absolute Gasteiger partial charge is 0.480 e. The second-order valence-corrected chi connectivity index (χ2v) is 8.01. The molecular weight excluding hydrogens is 402 g/mol. The number of anilines is 1. The number of carboxylic acid groups (broad SMARTS) is 1. The molecule has 2 heterocycles. The summed E-state index contributed by atoms with van der Waals surface area (Å²) in [6, 6.07) is 10.3. The zero-order valence-electron chi connectivity index (χ0n) is 17.5. The standard InChI is InChI=1S/C22H25N3O4S/c1-5-23(6-2)17-7-9-18(10-8-17)25-14(3)11-16(15(25)4)12-19-21(28)24(13-20(26)27)22(29)30-19/h7-12H,5-6,13H2,1-4H3,(H,26,27)/b19-12+. The zero-order chi connectivity index (χ0) is 22.0. The molecule has 0 radical (unpaired) electrons. The van der Waals surface area contributed by atoms with Crippen LogP contribution in [0.1, 0.15) is 30.8 Å². The summed E-state index contributed by atoms with van der Waals surface area (Å²) in [5.41, 5.74) is 4.94. The minimum Gasteiger partial charge on any atom is -0.480 e. The van der Waals surface area contributed by atoms with E-state index in [1.807, 2.05) is 19.9 Å². The Balaban J connectivity index is 1.91. The second kappa shape index (κ2) is 8.79. The van der Waals surface area contributed by atoms with Gasteiger partial charge >= 0.3 is 5.97 Å². The van der Waals surface area contributed by atoms with Crippen molar-refractivity contribution in [3.8, 4) is 5.69 Å². The molecule has 2 amide bonds. The zero-order valence-corrected chi connectivity index (χ0v) is 18.3. The molecule has 0 unspecified atom stereocenters. The third kappa shape index (κ3) is 4.14. The van der Waals surface area contributed by atoms with Crippen LogP contribution in [0.3, 0.4) is 0 Å². The molecule has 8 heteroatoms. The van der Waals surface area contributed by atoms with Crippen molar-refractivity contribution in [1.82, 2.24) is 9.47 Å². The highest BCUT2D eigenvalue weighted by atomic mass is 32.2. The lowest BCUT2D eigenvalue weighted by Crippen LogP contribution is -2.33. The quantitative estimate of drug-likeness (QED) is 0.671. The first-order valence-electron chi connectivity index (χ1n) is 9.78. The number of hydrogen-bond donors (Lipinski definition) is 1. The fraction of sp³-hybridized carbons (Fsp3) is 0.318. The summed E-state index contributed by atoms with van der Waals surface area (Å²) in [6.07, 6.45) is 1.66. The number of aryl methyl sites for hydroxylation is 1. The Morgan fingerprint density at radius 1 is 1.13 bits per heavy atom. The van der Waals surface area contributed by atoms with Crippen LogP contribution in [0.25, 0.3) is 11.8 Å². The van der Waals surface area contributed by atoms with E-state index in [2.05, 4.69) is 47.6 Å². The summed E-state index contributed by atoms with van der Waals surface area (Å²) in [5, 5.41) is 8.34. The van der Waals surface area contributed by atoms with Crippen molar-refractivity contribution in [3.63, 3.8) is 0 Å². The van der Waals surface area contributed by atoms with Gasteiger partial charge in [0.15, 0.2) is 0 Å². The predicted octanol–water partition coefficient (Wildman–Crippen LogP) is 4.06. The first-order valence-corrected chi connectivity index (χ1v) is 10.6. The molecule has 3 rings (SSSR count). The van der Waals surface area contributed by atoms with E-state index in [0.717, 1.165) is 52.4 Å². The maximum Gasteiger partial charge on any atom is 0.323 e. The molecule has 1 N–H and O–H groups in total. The molecule has 1 aromatic carbocycles. The molecule has 30 heavy (non-hydrogen) atoms. The van der Waals surface area contributed by atoms with E-state index >= 15 is 0 Å². The fourth-order valence-corrected chi connectivity index (χ4v) is 4.47. The number of carboxylic acids is 1. The van der Waals surface area contributed by atoms with Crippen molar-refractivity contribution in [2.75, 3.05) is 24.5 Å². The van der Waals surface area contributed by atoms with Crippen LogP contribution in [-0.4, -0.2) is 51.3 Å². The summed E-state index contributed by atoms with van der Waals surface area (Å²) < 4.78 is 2.10. The number of rotatable bonds is 7. The predicted molar refractivity (Wildman–Crippen MR) is 119 cm³/mol. The number of hydrogen-bond acceptors (Lipinski definition) is 5. The van der Waals surface area contributed by atoms with Crippen molar-refractivity contribution in [3.05, 3.63) is 52.2 Å². The Morgan fingerprint density at radius 3 is 2.33 bits per heavy atom. The minimum absolute atomic E-state index is 0.235.